The summed E-state index contributed by atoms with van der Waals surface area (Å²) in [5, 5.41) is 0. The van der Waals surface area contributed by atoms with Crippen molar-refractivity contribution in [3.8, 4) is 0 Å². The lowest BCUT2D eigenvalue weighted by molar-refractivity contribution is 0.573. The zero-order valence-electron chi connectivity index (χ0n) is 13.7. The molecule has 0 aliphatic carbocycles. The van der Waals surface area contributed by atoms with Crippen molar-refractivity contribution < 1.29 is 0 Å². The zero-order valence-corrected chi connectivity index (χ0v) is 13.7. The van der Waals surface area contributed by atoms with Crippen LogP contribution in [0.25, 0.3) is 0 Å². The molecule has 4 aromatic rings. The molecule has 0 aliphatic heterocycles. The number of aromatic amines is 1. The van der Waals surface area contributed by atoms with Crippen LogP contribution in [-0.2, 0) is 11.8 Å². The van der Waals surface area contributed by atoms with Gasteiger partial charge in [0.25, 0.3) is 0 Å². The highest BCUT2D eigenvalue weighted by molar-refractivity contribution is 5.47. The predicted molar refractivity (Wildman–Crippen MR) is 97.1 cm³/mol. The molecule has 0 saturated heterocycles. The Morgan fingerprint density at radius 3 is 2.16 bits per heavy atom. The summed E-state index contributed by atoms with van der Waals surface area (Å²) in [6.07, 6.45) is 11.8. The Hall–Kier alpha value is -3.27. The van der Waals surface area contributed by atoms with Crippen LogP contribution in [0.5, 0.6) is 0 Å². The van der Waals surface area contributed by atoms with Gasteiger partial charge in [-0.1, -0.05) is 42.5 Å². The summed E-state index contributed by atoms with van der Waals surface area (Å²) in [5.74, 6) is 0.899. The molecule has 0 spiro atoms. The van der Waals surface area contributed by atoms with Crippen LogP contribution in [0.1, 0.15) is 22.5 Å². The molecule has 1 N–H and O–H groups in total. The zero-order chi connectivity index (χ0) is 17.0. The molecule has 1 atom stereocenters. The summed E-state index contributed by atoms with van der Waals surface area (Å²) in [6, 6.07) is 18.6. The monoisotopic (exact) mass is 326 g/mol. The second-order valence-electron chi connectivity index (χ2n) is 5.99. The van der Waals surface area contributed by atoms with E-state index in [1.54, 1.807) is 18.6 Å². The molecule has 4 rings (SSSR count). The van der Waals surface area contributed by atoms with E-state index in [1.807, 2.05) is 36.8 Å². The van der Waals surface area contributed by atoms with Crippen LogP contribution in [0.4, 0.5) is 0 Å². The largest absolute Gasteiger partial charge is 0.348 e. The van der Waals surface area contributed by atoms with Gasteiger partial charge < -0.3 is 4.98 Å². The molecule has 25 heavy (non-hydrogen) atoms. The van der Waals surface area contributed by atoms with Crippen molar-refractivity contribution in [2.75, 3.05) is 0 Å². The number of benzene rings is 1. The molecule has 3 heterocycles. The van der Waals surface area contributed by atoms with Crippen LogP contribution in [-0.4, -0.2) is 19.9 Å². The third kappa shape index (κ3) is 2.83. The summed E-state index contributed by atoms with van der Waals surface area (Å²) in [7, 11) is 0. The van der Waals surface area contributed by atoms with Crippen LogP contribution in [0.3, 0.4) is 0 Å². The molecule has 1 unspecified atom stereocenters. The quantitative estimate of drug-likeness (QED) is 0.607. The Morgan fingerprint density at radius 2 is 1.52 bits per heavy atom. The second-order valence-corrected chi connectivity index (χ2v) is 5.99. The van der Waals surface area contributed by atoms with Crippen LogP contribution < -0.4 is 0 Å². The number of nitrogens with one attached hydrogen (secondary N) is 1. The molecule has 0 radical (unpaired) electrons. The van der Waals surface area contributed by atoms with E-state index in [-0.39, 0.29) is 0 Å². The van der Waals surface area contributed by atoms with E-state index in [1.165, 1.54) is 5.56 Å². The van der Waals surface area contributed by atoms with Crippen molar-refractivity contribution in [2.45, 2.75) is 11.8 Å². The minimum absolute atomic E-state index is 0.456. The van der Waals surface area contributed by atoms with E-state index < -0.39 is 5.41 Å². The standard InChI is InChI=1S/C21H18N4/c1-2-7-18(8-3-1)21(20-24-12-13-25-20,19-9-5-11-23-16-19)14-17-6-4-10-22-15-17/h1-13,15-16H,14H2,(H,24,25). The SMILES string of the molecule is c1ccc(C(Cc2cccnc2)(c2cccnc2)c2ncc[nH]2)cc1. The summed E-state index contributed by atoms with van der Waals surface area (Å²) >= 11 is 0. The molecular weight excluding hydrogens is 308 g/mol. The number of aromatic nitrogens is 4. The maximum atomic E-state index is 4.63. The van der Waals surface area contributed by atoms with E-state index in [4.69, 9.17) is 0 Å². The van der Waals surface area contributed by atoms with Gasteiger partial charge in [-0.2, -0.15) is 0 Å². The Bertz CT molecular complexity index is 865. The molecule has 0 amide bonds. The fourth-order valence-corrected chi connectivity index (χ4v) is 3.37. The molecule has 4 heteroatoms. The van der Waals surface area contributed by atoms with Gasteiger partial charge in [-0.15, -0.1) is 0 Å². The highest BCUT2D eigenvalue weighted by atomic mass is 14.9. The van der Waals surface area contributed by atoms with Gasteiger partial charge in [0.05, 0.1) is 5.41 Å². The predicted octanol–water partition coefficient (Wildman–Crippen LogP) is 3.78. The average Bonchev–Trinajstić information content (AvgIpc) is 3.23. The van der Waals surface area contributed by atoms with Gasteiger partial charge in [-0.25, -0.2) is 4.98 Å². The first-order valence-electron chi connectivity index (χ1n) is 8.24. The molecule has 122 valence electrons. The van der Waals surface area contributed by atoms with Crippen molar-refractivity contribution in [1.82, 2.24) is 19.9 Å². The van der Waals surface area contributed by atoms with Gasteiger partial charge >= 0.3 is 0 Å². The van der Waals surface area contributed by atoms with Gasteiger partial charge in [0.15, 0.2) is 0 Å². The fourth-order valence-electron chi connectivity index (χ4n) is 3.37. The topological polar surface area (TPSA) is 54.5 Å². The average molecular weight is 326 g/mol. The summed E-state index contributed by atoms with van der Waals surface area (Å²) in [6.45, 7) is 0. The van der Waals surface area contributed by atoms with Crippen molar-refractivity contribution in [3.05, 3.63) is 114 Å². The minimum Gasteiger partial charge on any atom is -0.348 e. The lowest BCUT2D eigenvalue weighted by atomic mass is 9.70. The molecule has 3 aromatic heterocycles. The number of nitrogens with zero attached hydrogens (tertiary/aromatic N) is 3. The summed E-state index contributed by atoms with van der Waals surface area (Å²) in [5.41, 5.74) is 2.95. The Balaban J connectivity index is 1.98. The molecular formula is C21H18N4. The smallest absolute Gasteiger partial charge is 0.121 e. The minimum atomic E-state index is -0.456. The normalized spacial score (nSPS) is 13.3. The third-order valence-electron chi connectivity index (χ3n) is 4.52. The van der Waals surface area contributed by atoms with Crippen LogP contribution >= 0.6 is 0 Å². The first-order valence-corrected chi connectivity index (χ1v) is 8.24. The molecule has 0 bridgehead atoms. The van der Waals surface area contributed by atoms with Crippen LogP contribution in [0, 0.1) is 0 Å². The lowest BCUT2D eigenvalue weighted by Gasteiger charge is -2.33. The number of imidazole rings is 1. The number of hydrogen-bond donors (Lipinski definition) is 1. The summed E-state index contributed by atoms with van der Waals surface area (Å²) < 4.78 is 0. The summed E-state index contributed by atoms with van der Waals surface area (Å²) in [4.78, 5) is 16.6. The number of rotatable bonds is 5. The molecule has 0 aliphatic rings. The van der Waals surface area contributed by atoms with Crippen molar-refractivity contribution in [1.29, 1.82) is 0 Å². The number of hydrogen-bond acceptors (Lipinski definition) is 3. The molecule has 1 aromatic carbocycles. The first kappa shape index (κ1) is 15.3. The van der Waals surface area contributed by atoms with Crippen molar-refractivity contribution in [3.63, 3.8) is 0 Å². The molecule has 4 nitrogen and oxygen atoms in total. The highest BCUT2D eigenvalue weighted by Crippen LogP contribution is 2.39. The molecule has 0 fully saturated rings. The van der Waals surface area contributed by atoms with Gasteiger partial charge in [0, 0.05) is 37.2 Å². The van der Waals surface area contributed by atoms with Crippen LogP contribution in [0.15, 0.2) is 91.8 Å². The second kappa shape index (κ2) is 6.69. The number of pyridine rings is 2. The van der Waals surface area contributed by atoms with Crippen molar-refractivity contribution >= 4 is 0 Å². The maximum absolute atomic E-state index is 4.63. The third-order valence-corrected chi connectivity index (χ3v) is 4.52. The van der Waals surface area contributed by atoms with E-state index in [9.17, 15) is 0 Å². The Kier molecular flexibility index (Phi) is 4.09. The van der Waals surface area contributed by atoms with Crippen LogP contribution in [0.2, 0.25) is 0 Å². The van der Waals surface area contributed by atoms with E-state index in [0.717, 1.165) is 23.4 Å². The van der Waals surface area contributed by atoms with Crippen molar-refractivity contribution in [2.24, 2.45) is 0 Å². The van der Waals surface area contributed by atoms with Gasteiger partial charge in [-0.3, -0.25) is 9.97 Å². The fraction of sp³-hybridized carbons (Fsp3) is 0.0952. The van der Waals surface area contributed by atoms with E-state index >= 15 is 0 Å². The van der Waals surface area contributed by atoms with Gasteiger partial charge in [0.1, 0.15) is 5.82 Å². The first-order chi connectivity index (χ1) is 12.4. The van der Waals surface area contributed by atoms with Gasteiger partial charge in [0.2, 0.25) is 0 Å². The number of H-pyrrole nitrogens is 1. The lowest BCUT2D eigenvalue weighted by Crippen LogP contribution is -2.33. The van der Waals surface area contributed by atoms with E-state index in [2.05, 4.69) is 56.3 Å². The van der Waals surface area contributed by atoms with Gasteiger partial charge in [-0.05, 0) is 35.2 Å². The Morgan fingerprint density at radius 1 is 0.760 bits per heavy atom. The van der Waals surface area contributed by atoms with E-state index in [0.29, 0.717) is 0 Å². The Labute approximate surface area is 146 Å². The maximum Gasteiger partial charge on any atom is 0.121 e. The molecule has 0 saturated carbocycles. The highest BCUT2D eigenvalue weighted by Gasteiger charge is 2.39.